The molecule has 2 rings (SSSR count). The topological polar surface area (TPSA) is 63.2 Å². The van der Waals surface area contributed by atoms with Crippen LogP contribution < -0.4 is 5.32 Å². The average Bonchev–Trinajstić information content (AvgIpc) is 2.55. The Hall–Kier alpha value is -1.36. The molecule has 1 aromatic rings. The first kappa shape index (κ1) is 12.1. The van der Waals surface area contributed by atoms with Crippen molar-refractivity contribution >= 4 is 15.7 Å². The van der Waals surface area contributed by atoms with Gasteiger partial charge in [0.15, 0.2) is 9.84 Å². The second-order valence-electron chi connectivity index (χ2n) is 4.13. The van der Waals surface area contributed by atoms with E-state index in [4.69, 9.17) is 0 Å². The molecular formula is C12H15NO3S. The molecule has 1 unspecified atom stereocenters. The molecule has 0 spiro atoms. The van der Waals surface area contributed by atoms with Gasteiger partial charge in [-0.15, -0.1) is 0 Å². The summed E-state index contributed by atoms with van der Waals surface area (Å²) in [6.45, 7) is 0.569. The number of hydrogen-bond donors (Lipinski definition) is 1. The van der Waals surface area contributed by atoms with E-state index < -0.39 is 15.1 Å². The van der Waals surface area contributed by atoms with Gasteiger partial charge in [-0.25, -0.2) is 8.42 Å². The fourth-order valence-corrected chi connectivity index (χ4v) is 3.69. The van der Waals surface area contributed by atoms with Crippen molar-refractivity contribution in [2.75, 3.05) is 6.54 Å². The summed E-state index contributed by atoms with van der Waals surface area (Å²) < 4.78 is 24.6. The Labute approximate surface area is 101 Å². The van der Waals surface area contributed by atoms with Crippen molar-refractivity contribution < 1.29 is 13.2 Å². The summed E-state index contributed by atoms with van der Waals surface area (Å²) in [5.74, 6) is -0.369. The Morgan fingerprint density at radius 2 is 1.82 bits per heavy atom. The smallest absolute Gasteiger partial charge is 0.238 e. The molecule has 0 bridgehead atoms. The van der Waals surface area contributed by atoms with E-state index in [2.05, 4.69) is 5.32 Å². The summed E-state index contributed by atoms with van der Waals surface area (Å²) in [4.78, 5) is 12.0. The SMILES string of the molecule is O=C1NCCCCC1S(=O)(=O)c1ccccc1. The maximum absolute atomic E-state index is 12.3. The third-order valence-electron chi connectivity index (χ3n) is 2.93. The molecule has 1 fully saturated rings. The van der Waals surface area contributed by atoms with Crippen molar-refractivity contribution in [3.8, 4) is 0 Å². The first-order valence-electron chi connectivity index (χ1n) is 5.69. The molecule has 1 amide bonds. The molecule has 0 aliphatic carbocycles. The summed E-state index contributed by atoms with van der Waals surface area (Å²) >= 11 is 0. The largest absolute Gasteiger partial charge is 0.355 e. The third-order valence-corrected chi connectivity index (χ3v) is 5.06. The minimum absolute atomic E-state index is 0.224. The van der Waals surface area contributed by atoms with E-state index in [0.717, 1.165) is 12.8 Å². The molecule has 1 aliphatic rings. The van der Waals surface area contributed by atoms with Crippen LogP contribution in [-0.2, 0) is 14.6 Å². The van der Waals surface area contributed by atoms with Gasteiger partial charge in [0.25, 0.3) is 0 Å². The zero-order valence-corrected chi connectivity index (χ0v) is 10.2. The van der Waals surface area contributed by atoms with E-state index >= 15 is 0 Å². The van der Waals surface area contributed by atoms with Crippen molar-refractivity contribution in [2.45, 2.75) is 29.4 Å². The van der Waals surface area contributed by atoms with Crippen molar-refractivity contribution in [2.24, 2.45) is 0 Å². The molecule has 1 atom stereocenters. The van der Waals surface area contributed by atoms with Crippen LogP contribution >= 0.6 is 0 Å². The van der Waals surface area contributed by atoms with Gasteiger partial charge in [0, 0.05) is 6.54 Å². The second kappa shape index (κ2) is 4.87. The lowest BCUT2D eigenvalue weighted by Crippen LogP contribution is -2.38. The number of hydrogen-bond acceptors (Lipinski definition) is 3. The number of nitrogens with one attached hydrogen (secondary N) is 1. The Morgan fingerprint density at radius 1 is 1.12 bits per heavy atom. The maximum Gasteiger partial charge on any atom is 0.238 e. The van der Waals surface area contributed by atoms with Gasteiger partial charge in [0.05, 0.1) is 4.90 Å². The maximum atomic E-state index is 12.3. The number of rotatable bonds is 2. The number of sulfone groups is 1. The Morgan fingerprint density at radius 3 is 2.53 bits per heavy atom. The lowest BCUT2D eigenvalue weighted by Gasteiger charge is -2.14. The Kier molecular flexibility index (Phi) is 3.47. The zero-order chi connectivity index (χ0) is 12.3. The van der Waals surface area contributed by atoms with Gasteiger partial charge in [-0.2, -0.15) is 0 Å². The van der Waals surface area contributed by atoms with Gasteiger partial charge in [-0.05, 0) is 31.4 Å². The second-order valence-corrected chi connectivity index (χ2v) is 6.26. The molecule has 1 aromatic carbocycles. The lowest BCUT2D eigenvalue weighted by atomic mass is 10.2. The third kappa shape index (κ3) is 2.49. The summed E-state index contributed by atoms with van der Waals surface area (Å²) in [5.41, 5.74) is 0. The van der Waals surface area contributed by atoms with Gasteiger partial charge < -0.3 is 5.32 Å². The van der Waals surface area contributed by atoms with Crippen LogP contribution in [0.5, 0.6) is 0 Å². The Balaban J connectivity index is 2.34. The highest BCUT2D eigenvalue weighted by Crippen LogP contribution is 2.21. The molecule has 0 saturated carbocycles. The summed E-state index contributed by atoms with van der Waals surface area (Å²) in [7, 11) is -3.55. The first-order chi connectivity index (χ1) is 8.12. The molecule has 0 radical (unpaired) electrons. The molecule has 4 nitrogen and oxygen atoms in total. The van der Waals surface area contributed by atoms with Gasteiger partial charge in [0.1, 0.15) is 5.25 Å². The molecular weight excluding hydrogens is 238 g/mol. The highest BCUT2D eigenvalue weighted by Gasteiger charge is 2.34. The summed E-state index contributed by atoms with van der Waals surface area (Å²) in [5, 5.41) is 1.71. The number of carbonyl (C=O) groups is 1. The van der Waals surface area contributed by atoms with E-state index in [1.807, 2.05) is 0 Å². The van der Waals surface area contributed by atoms with Gasteiger partial charge in [-0.3, -0.25) is 4.79 Å². The summed E-state index contributed by atoms with van der Waals surface area (Å²) in [6.07, 6.45) is 2.01. The minimum atomic E-state index is -3.55. The minimum Gasteiger partial charge on any atom is -0.355 e. The van der Waals surface area contributed by atoms with Crippen LogP contribution in [0.25, 0.3) is 0 Å². The van der Waals surface area contributed by atoms with E-state index in [0.29, 0.717) is 13.0 Å². The van der Waals surface area contributed by atoms with Crippen LogP contribution in [0.2, 0.25) is 0 Å². The van der Waals surface area contributed by atoms with Gasteiger partial charge in [-0.1, -0.05) is 18.2 Å². The predicted molar refractivity (Wildman–Crippen MR) is 64.3 cm³/mol. The molecule has 1 heterocycles. The fourth-order valence-electron chi connectivity index (χ4n) is 1.98. The predicted octanol–water partition coefficient (Wildman–Crippen LogP) is 1.13. The molecule has 5 heteroatoms. The number of amides is 1. The molecule has 1 saturated heterocycles. The molecule has 17 heavy (non-hydrogen) atoms. The van der Waals surface area contributed by atoms with Crippen molar-refractivity contribution in [1.29, 1.82) is 0 Å². The van der Waals surface area contributed by atoms with Crippen LogP contribution in [0, 0.1) is 0 Å². The fraction of sp³-hybridized carbons (Fsp3) is 0.417. The standard InChI is InChI=1S/C12H15NO3S/c14-12-11(8-4-5-9-13-12)17(15,16)10-6-2-1-3-7-10/h1-3,6-7,11H,4-5,8-9H2,(H,13,14). The molecule has 1 aliphatic heterocycles. The highest BCUT2D eigenvalue weighted by molar-refractivity contribution is 7.92. The van der Waals surface area contributed by atoms with Crippen LogP contribution in [0.4, 0.5) is 0 Å². The lowest BCUT2D eigenvalue weighted by molar-refractivity contribution is -0.120. The van der Waals surface area contributed by atoms with Crippen molar-refractivity contribution in [3.05, 3.63) is 30.3 Å². The van der Waals surface area contributed by atoms with E-state index in [1.165, 1.54) is 12.1 Å². The van der Waals surface area contributed by atoms with E-state index in [9.17, 15) is 13.2 Å². The quantitative estimate of drug-likeness (QED) is 0.859. The number of benzene rings is 1. The Bertz CT molecular complexity index is 496. The molecule has 1 N–H and O–H groups in total. The van der Waals surface area contributed by atoms with Crippen LogP contribution in [-0.4, -0.2) is 26.1 Å². The number of carbonyl (C=O) groups excluding carboxylic acids is 1. The van der Waals surface area contributed by atoms with Crippen LogP contribution in [0.15, 0.2) is 35.2 Å². The summed E-state index contributed by atoms with van der Waals surface area (Å²) in [6, 6.07) is 8.16. The van der Waals surface area contributed by atoms with Crippen molar-refractivity contribution in [1.82, 2.24) is 5.32 Å². The van der Waals surface area contributed by atoms with Crippen LogP contribution in [0.1, 0.15) is 19.3 Å². The zero-order valence-electron chi connectivity index (χ0n) is 9.43. The molecule has 92 valence electrons. The monoisotopic (exact) mass is 253 g/mol. The van der Waals surface area contributed by atoms with Crippen LogP contribution in [0.3, 0.4) is 0 Å². The normalized spacial score (nSPS) is 21.6. The van der Waals surface area contributed by atoms with Gasteiger partial charge >= 0.3 is 0 Å². The highest BCUT2D eigenvalue weighted by atomic mass is 32.2. The van der Waals surface area contributed by atoms with Crippen molar-refractivity contribution in [3.63, 3.8) is 0 Å². The van der Waals surface area contributed by atoms with E-state index in [-0.39, 0.29) is 10.8 Å². The first-order valence-corrected chi connectivity index (χ1v) is 7.23. The van der Waals surface area contributed by atoms with Gasteiger partial charge in [0.2, 0.25) is 5.91 Å². The molecule has 0 aromatic heterocycles. The average molecular weight is 253 g/mol. The van der Waals surface area contributed by atoms with E-state index in [1.54, 1.807) is 18.2 Å².